The lowest BCUT2D eigenvalue weighted by Gasteiger charge is -2.15. The second-order valence-electron chi connectivity index (χ2n) is 4.37. The third kappa shape index (κ3) is 4.74. The van der Waals surface area contributed by atoms with E-state index in [1.165, 1.54) is 23.1 Å². The van der Waals surface area contributed by atoms with E-state index in [9.17, 15) is 4.79 Å². The average Bonchev–Trinajstić information content (AvgIpc) is 2.93. The maximum atomic E-state index is 12.0. The highest BCUT2D eigenvalue weighted by molar-refractivity contribution is 8.01. The lowest BCUT2D eigenvalue weighted by Crippen LogP contribution is -2.28. The molecule has 2 N–H and O–H groups in total. The van der Waals surface area contributed by atoms with Crippen LogP contribution in [0.1, 0.15) is 18.5 Å². The highest BCUT2D eigenvalue weighted by Crippen LogP contribution is 2.27. The predicted molar refractivity (Wildman–Crippen MR) is 93.2 cm³/mol. The summed E-state index contributed by atoms with van der Waals surface area (Å²) in [6, 6.07) is 5.03. The van der Waals surface area contributed by atoms with Crippen LogP contribution in [0.25, 0.3) is 0 Å². The smallest absolute Gasteiger partial charge is 0.230 e. The Hall–Kier alpha value is -1.02. The van der Waals surface area contributed by atoms with Gasteiger partial charge in [-0.05, 0) is 24.6 Å². The quantitative estimate of drug-likeness (QED) is 0.749. The van der Waals surface area contributed by atoms with Crippen molar-refractivity contribution >= 4 is 57.3 Å². The largest absolute Gasteiger partial charge is 0.363 e. The molecule has 1 heterocycles. The number of carbonyl (C=O) groups excluding carboxylic acids is 1. The van der Waals surface area contributed by atoms with Gasteiger partial charge in [-0.3, -0.25) is 4.79 Å². The molecule has 0 saturated heterocycles. The van der Waals surface area contributed by atoms with Gasteiger partial charge in [-0.15, -0.1) is 10.2 Å². The number of amides is 1. The molecule has 22 heavy (non-hydrogen) atoms. The fourth-order valence-electron chi connectivity index (χ4n) is 1.71. The molecule has 5 nitrogen and oxygen atoms in total. The van der Waals surface area contributed by atoms with Gasteiger partial charge in [0.05, 0.1) is 11.8 Å². The monoisotopic (exact) mass is 376 g/mol. The molecule has 0 aliphatic heterocycles. The molecule has 1 aromatic heterocycles. The number of halogens is 2. The lowest BCUT2D eigenvalue weighted by molar-refractivity contribution is -0.119. The number of hydrogen-bond donors (Lipinski definition) is 2. The van der Waals surface area contributed by atoms with Crippen LogP contribution in [0.2, 0.25) is 10.0 Å². The zero-order chi connectivity index (χ0) is 16.1. The van der Waals surface area contributed by atoms with Crippen LogP contribution in [0.3, 0.4) is 0 Å². The van der Waals surface area contributed by atoms with Crippen molar-refractivity contribution in [3.05, 3.63) is 33.8 Å². The minimum absolute atomic E-state index is 0.0928. The first-order chi connectivity index (χ1) is 10.5. The Bertz CT molecular complexity index is 665. The van der Waals surface area contributed by atoms with E-state index in [4.69, 9.17) is 23.2 Å². The van der Waals surface area contributed by atoms with Gasteiger partial charge in [-0.25, -0.2) is 0 Å². The standard InChI is InChI=1S/C13H14Cl2N4OS2/c1-7(9-4-3-8(14)5-10(9)15)17-11(20)6-21-13-19-18-12(16-2)22-13/h3-5,7H,6H2,1-2H3,(H,16,18)(H,17,20)/t7-/m1/s1. The third-order valence-corrected chi connectivity index (χ3v) is 5.39. The number of benzene rings is 1. The number of aromatic nitrogens is 2. The second-order valence-corrected chi connectivity index (χ2v) is 7.41. The summed E-state index contributed by atoms with van der Waals surface area (Å²) in [6.45, 7) is 1.88. The van der Waals surface area contributed by atoms with Crippen molar-refractivity contribution in [2.45, 2.75) is 17.3 Å². The van der Waals surface area contributed by atoms with Crippen molar-refractivity contribution in [3.63, 3.8) is 0 Å². The molecular formula is C13H14Cl2N4OS2. The van der Waals surface area contributed by atoms with E-state index in [1.807, 2.05) is 13.0 Å². The molecular weight excluding hydrogens is 363 g/mol. The molecule has 0 aliphatic rings. The first kappa shape index (κ1) is 17.3. The molecule has 9 heteroatoms. The maximum absolute atomic E-state index is 12.0. The number of carbonyl (C=O) groups is 1. The molecule has 1 atom stereocenters. The summed E-state index contributed by atoms with van der Waals surface area (Å²) >= 11 is 14.8. The summed E-state index contributed by atoms with van der Waals surface area (Å²) in [5.41, 5.74) is 0.831. The van der Waals surface area contributed by atoms with Gasteiger partial charge in [-0.1, -0.05) is 52.4 Å². The van der Waals surface area contributed by atoms with Crippen molar-refractivity contribution < 1.29 is 4.79 Å². The second kappa shape index (κ2) is 8.01. The molecule has 0 bridgehead atoms. The summed E-state index contributed by atoms with van der Waals surface area (Å²) in [5, 5.41) is 15.5. The number of hydrogen-bond acceptors (Lipinski definition) is 6. The summed E-state index contributed by atoms with van der Waals surface area (Å²) in [6.07, 6.45) is 0. The fraction of sp³-hybridized carbons (Fsp3) is 0.308. The normalized spacial score (nSPS) is 12.0. The van der Waals surface area contributed by atoms with Gasteiger partial charge in [0.2, 0.25) is 11.0 Å². The van der Waals surface area contributed by atoms with Crippen LogP contribution >= 0.6 is 46.3 Å². The van der Waals surface area contributed by atoms with Crippen LogP contribution in [-0.2, 0) is 4.79 Å². The number of rotatable bonds is 6. The molecule has 1 amide bonds. The van der Waals surface area contributed by atoms with Crippen LogP contribution in [0.15, 0.2) is 22.5 Å². The van der Waals surface area contributed by atoms with Crippen molar-refractivity contribution in [2.24, 2.45) is 0 Å². The number of thioether (sulfide) groups is 1. The topological polar surface area (TPSA) is 66.9 Å². The van der Waals surface area contributed by atoms with E-state index in [0.717, 1.165) is 15.0 Å². The van der Waals surface area contributed by atoms with E-state index in [2.05, 4.69) is 20.8 Å². The molecule has 0 unspecified atom stereocenters. The fourth-order valence-corrected chi connectivity index (χ4v) is 3.80. The molecule has 0 spiro atoms. The van der Waals surface area contributed by atoms with Gasteiger partial charge in [0.25, 0.3) is 0 Å². The summed E-state index contributed by atoms with van der Waals surface area (Å²) < 4.78 is 0.747. The third-order valence-electron chi connectivity index (χ3n) is 2.75. The van der Waals surface area contributed by atoms with Crippen molar-refractivity contribution in [1.82, 2.24) is 15.5 Å². The lowest BCUT2D eigenvalue weighted by atomic mass is 10.1. The SMILES string of the molecule is CNc1nnc(SCC(=O)N[C@H](C)c2ccc(Cl)cc2Cl)s1. The van der Waals surface area contributed by atoms with Gasteiger partial charge < -0.3 is 10.6 Å². The zero-order valence-electron chi connectivity index (χ0n) is 11.9. The highest BCUT2D eigenvalue weighted by Gasteiger charge is 2.14. The molecule has 0 saturated carbocycles. The molecule has 0 aliphatic carbocycles. The van der Waals surface area contributed by atoms with Crippen molar-refractivity contribution in [1.29, 1.82) is 0 Å². The predicted octanol–water partition coefficient (Wildman–Crippen LogP) is 3.86. The van der Waals surface area contributed by atoms with Gasteiger partial charge in [0, 0.05) is 17.1 Å². The van der Waals surface area contributed by atoms with Crippen LogP contribution in [-0.4, -0.2) is 28.9 Å². The first-order valence-electron chi connectivity index (χ1n) is 6.38. The van der Waals surface area contributed by atoms with Crippen LogP contribution in [0, 0.1) is 0 Å². The Kier molecular flexibility index (Phi) is 6.31. The number of anilines is 1. The van der Waals surface area contributed by atoms with E-state index < -0.39 is 0 Å². The molecule has 0 fully saturated rings. The Balaban J connectivity index is 1.88. The molecule has 2 rings (SSSR count). The van der Waals surface area contributed by atoms with E-state index in [0.29, 0.717) is 10.0 Å². The summed E-state index contributed by atoms with van der Waals surface area (Å²) in [4.78, 5) is 12.0. The zero-order valence-corrected chi connectivity index (χ0v) is 15.0. The van der Waals surface area contributed by atoms with Crippen LogP contribution in [0.4, 0.5) is 5.13 Å². The molecule has 1 aromatic carbocycles. The maximum Gasteiger partial charge on any atom is 0.230 e. The average molecular weight is 377 g/mol. The molecule has 0 radical (unpaired) electrons. The Morgan fingerprint density at radius 3 is 2.82 bits per heavy atom. The Morgan fingerprint density at radius 1 is 1.41 bits per heavy atom. The van der Waals surface area contributed by atoms with Gasteiger partial charge in [-0.2, -0.15) is 0 Å². The van der Waals surface area contributed by atoms with Crippen LogP contribution in [0.5, 0.6) is 0 Å². The molecule has 118 valence electrons. The first-order valence-corrected chi connectivity index (χ1v) is 8.93. The Morgan fingerprint density at radius 2 is 2.18 bits per heavy atom. The molecule has 2 aromatic rings. The van der Waals surface area contributed by atoms with E-state index >= 15 is 0 Å². The van der Waals surface area contributed by atoms with E-state index in [-0.39, 0.29) is 17.7 Å². The minimum Gasteiger partial charge on any atom is -0.363 e. The number of nitrogens with zero attached hydrogens (tertiary/aromatic N) is 2. The Labute approximate surface area is 146 Å². The van der Waals surface area contributed by atoms with Crippen molar-refractivity contribution in [2.75, 3.05) is 18.1 Å². The minimum atomic E-state index is -0.194. The number of nitrogens with one attached hydrogen (secondary N) is 2. The van der Waals surface area contributed by atoms with Crippen LogP contribution < -0.4 is 10.6 Å². The van der Waals surface area contributed by atoms with Gasteiger partial charge in [0.15, 0.2) is 4.34 Å². The van der Waals surface area contributed by atoms with Crippen molar-refractivity contribution in [3.8, 4) is 0 Å². The van der Waals surface area contributed by atoms with Gasteiger partial charge >= 0.3 is 0 Å². The summed E-state index contributed by atoms with van der Waals surface area (Å²) in [7, 11) is 1.78. The van der Waals surface area contributed by atoms with E-state index in [1.54, 1.807) is 19.2 Å². The summed E-state index contributed by atoms with van der Waals surface area (Å²) in [5.74, 6) is 0.179. The highest BCUT2D eigenvalue weighted by atomic mass is 35.5. The van der Waals surface area contributed by atoms with Gasteiger partial charge in [0.1, 0.15) is 0 Å².